The van der Waals surface area contributed by atoms with Gasteiger partial charge in [0.15, 0.2) is 5.65 Å². The van der Waals surface area contributed by atoms with Crippen molar-refractivity contribution in [2.24, 2.45) is 7.05 Å². The Bertz CT molecular complexity index is 989. The lowest BCUT2D eigenvalue weighted by atomic mass is 9.88. The number of carbonyl (C=O) groups is 1. The lowest BCUT2D eigenvalue weighted by Crippen LogP contribution is -2.51. The van der Waals surface area contributed by atoms with Gasteiger partial charge in [-0.05, 0) is 32.4 Å². The van der Waals surface area contributed by atoms with E-state index in [1.54, 1.807) is 32.7 Å². The minimum atomic E-state index is -1.12. The normalized spacial score (nSPS) is 17.0. The van der Waals surface area contributed by atoms with Crippen molar-refractivity contribution in [1.29, 1.82) is 5.26 Å². The van der Waals surface area contributed by atoms with E-state index in [1.165, 1.54) is 15.3 Å². The third-order valence-corrected chi connectivity index (χ3v) is 4.83. The first-order chi connectivity index (χ1) is 12.6. The van der Waals surface area contributed by atoms with Crippen LogP contribution in [0.3, 0.4) is 0 Å². The number of amides is 1. The van der Waals surface area contributed by atoms with Gasteiger partial charge >= 0.3 is 11.8 Å². The summed E-state index contributed by atoms with van der Waals surface area (Å²) in [4.78, 5) is 34.7. The standard InChI is InChI=1S/C17H21ClN6O3/c1-16(2,3)27-15(26)23-7-5-17(10-19,6-8-23)24-12-11(22(4)14(24)25)9-20-13(18)21-12/h9H,5-8H2,1-4H3. The van der Waals surface area contributed by atoms with Gasteiger partial charge in [-0.2, -0.15) is 10.2 Å². The second-order valence-electron chi connectivity index (χ2n) is 7.64. The number of halogens is 1. The van der Waals surface area contributed by atoms with Gasteiger partial charge in [0.05, 0.1) is 12.3 Å². The summed E-state index contributed by atoms with van der Waals surface area (Å²) < 4.78 is 8.16. The molecule has 0 aliphatic carbocycles. The van der Waals surface area contributed by atoms with Crippen molar-refractivity contribution in [3.05, 3.63) is 22.0 Å². The van der Waals surface area contributed by atoms with E-state index in [2.05, 4.69) is 16.0 Å². The van der Waals surface area contributed by atoms with Crippen LogP contribution in [0.5, 0.6) is 0 Å². The molecule has 0 N–H and O–H groups in total. The monoisotopic (exact) mass is 392 g/mol. The fourth-order valence-corrected chi connectivity index (χ4v) is 3.38. The molecule has 0 atom stereocenters. The summed E-state index contributed by atoms with van der Waals surface area (Å²) in [6.45, 7) is 5.99. The van der Waals surface area contributed by atoms with Gasteiger partial charge in [0, 0.05) is 33.0 Å². The average Bonchev–Trinajstić information content (AvgIpc) is 2.84. The van der Waals surface area contributed by atoms with Gasteiger partial charge in [-0.25, -0.2) is 14.6 Å². The van der Waals surface area contributed by atoms with Gasteiger partial charge in [-0.3, -0.25) is 9.13 Å². The van der Waals surface area contributed by atoms with Crippen LogP contribution in [0.15, 0.2) is 11.0 Å². The van der Waals surface area contributed by atoms with Crippen molar-refractivity contribution in [3.8, 4) is 6.07 Å². The smallest absolute Gasteiger partial charge is 0.410 e. The lowest BCUT2D eigenvalue weighted by molar-refractivity contribution is 0.0156. The molecule has 0 saturated carbocycles. The van der Waals surface area contributed by atoms with Crippen LogP contribution in [0, 0.1) is 11.3 Å². The highest BCUT2D eigenvalue weighted by atomic mass is 35.5. The van der Waals surface area contributed by atoms with Crippen molar-refractivity contribution in [3.63, 3.8) is 0 Å². The molecule has 1 aliphatic rings. The van der Waals surface area contributed by atoms with Crippen molar-refractivity contribution in [2.45, 2.75) is 44.8 Å². The number of likely N-dealkylation sites (tertiary alicyclic amines) is 1. The van der Waals surface area contributed by atoms with Gasteiger partial charge in [-0.1, -0.05) is 0 Å². The molecular formula is C17H21ClN6O3. The summed E-state index contributed by atoms with van der Waals surface area (Å²) in [5, 5.41) is 9.94. The van der Waals surface area contributed by atoms with Crippen molar-refractivity contribution >= 4 is 28.9 Å². The molecule has 1 saturated heterocycles. The molecule has 2 aromatic rings. The summed E-state index contributed by atoms with van der Waals surface area (Å²) in [7, 11) is 1.60. The summed E-state index contributed by atoms with van der Waals surface area (Å²) >= 11 is 5.91. The number of imidazole rings is 1. The Labute approximate surface area is 161 Å². The Kier molecular flexibility index (Phi) is 4.64. The summed E-state index contributed by atoms with van der Waals surface area (Å²) in [6.07, 6.45) is 1.60. The van der Waals surface area contributed by atoms with E-state index < -0.39 is 17.2 Å². The van der Waals surface area contributed by atoms with Crippen LogP contribution in [0.4, 0.5) is 4.79 Å². The van der Waals surface area contributed by atoms with Crippen LogP contribution >= 0.6 is 11.6 Å². The van der Waals surface area contributed by atoms with Crippen LogP contribution in [-0.2, 0) is 17.3 Å². The topological polar surface area (TPSA) is 106 Å². The zero-order valence-corrected chi connectivity index (χ0v) is 16.4. The van der Waals surface area contributed by atoms with Crippen LogP contribution < -0.4 is 5.69 Å². The molecule has 0 radical (unpaired) electrons. The number of rotatable bonds is 1. The molecule has 1 amide bonds. The number of aryl methyl sites for hydroxylation is 1. The maximum absolute atomic E-state index is 12.8. The van der Waals surface area contributed by atoms with E-state index in [0.29, 0.717) is 24.3 Å². The second kappa shape index (κ2) is 6.53. The highest BCUT2D eigenvalue weighted by Gasteiger charge is 2.42. The zero-order chi connectivity index (χ0) is 20.0. The molecule has 10 heteroatoms. The van der Waals surface area contributed by atoms with E-state index in [4.69, 9.17) is 16.3 Å². The largest absolute Gasteiger partial charge is 0.444 e. The molecule has 3 heterocycles. The molecule has 2 aromatic heterocycles. The van der Waals surface area contributed by atoms with Crippen LogP contribution in [0.25, 0.3) is 11.2 Å². The van der Waals surface area contributed by atoms with E-state index >= 15 is 0 Å². The quantitative estimate of drug-likeness (QED) is 0.687. The van der Waals surface area contributed by atoms with E-state index in [9.17, 15) is 14.9 Å². The fourth-order valence-electron chi connectivity index (χ4n) is 3.25. The molecule has 0 aromatic carbocycles. The van der Waals surface area contributed by atoms with Gasteiger partial charge in [0.1, 0.15) is 16.7 Å². The summed E-state index contributed by atoms with van der Waals surface area (Å²) in [6, 6.07) is 2.27. The number of hydrogen-bond donors (Lipinski definition) is 0. The predicted octanol–water partition coefficient (Wildman–Crippen LogP) is 2.03. The number of piperidine rings is 1. The molecule has 0 bridgehead atoms. The summed E-state index contributed by atoms with van der Waals surface area (Å²) in [5.74, 6) is 0. The molecular weight excluding hydrogens is 372 g/mol. The summed E-state index contributed by atoms with van der Waals surface area (Å²) in [5.41, 5.74) is -1.27. The van der Waals surface area contributed by atoms with Gasteiger partial charge in [0.2, 0.25) is 5.28 Å². The zero-order valence-electron chi connectivity index (χ0n) is 15.7. The number of aromatic nitrogens is 4. The Morgan fingerprint density at radius 1 is 1.37 bits per heavy atom. The second-order valence-corrected chi connectivity index (χ2v) is 7.97. The number of nitrogens with zero attached hydrogens (tertiary/aromatic N) is 6. The molecule has 27 heavy (non-hydrogen) atoms. The van der Waals surface area contributed by atoms with Crippen LogP contribution in [0.1, 0.15) is 33.6 Å². The Morgan fingerprint density at radius 3 is 2.56 bits per heavy atom. The molecule has 9 nitrogen and oxygen atoms in total. The van der Waals surface area contributed by atoms with E-state index in [-0.39, 0.29) is 23.8 Å². The Hall–Kier alpha value is -2.60. The first-order valence-electron chi connectivity index (χ1n) is 8.58. The first kappa shape index (κ1) is 19.2. The minimum Gasteiger partial charge on any atom is -0.444 e. The third-order valence-electron chi connectivity index (χ3n) is 4.65. The van der Waals surface area contributed by atoms with Crippen molar-refractivity contribution < 1.29 is 9.53 Å². The predicted molar refractivity (Wildman–Crippen MR) is 98.4 cm³/mol. The molecule has 0 spiro atoms. The molecule has 1 fully saturated rings. The maximum Gasteiger partial charge on any atom is 0.410 e. The maximum atomic E-state index is 12.8. The lowest BCUT2D eigenvalue weighted by Gasteiger charge is -2.38. The minimum absolute atomic E-state index is 0.00105. The van der Waals surface area contributed by atoms with E-state index in [0.717, 1.165) is 0 Å². The number of ether oxygens (including phenoxy) is 1. The SMILES string of the molecule is Cn1c(=O)n(C2(C#N)CCN(C(=O)OC(C)(C)C)CC2)c2nc(Cl)ncc21. The highest BCUT2D eigenvalue weighted by molar-refractivity contribution is 6.28. The Balaban J connectivity index is 1.96. The third kappa shape index (κ3) is 3.37. The van der Waals surface area contributed by atoms with E-state index in [1.807, 2.05) is 0 Å². The van der Waals surface area contributed by atoms with Crippen molar-refractivity contribution in [1.82, 2.24) is 24.0 Å². The molecule has 144 valence electrons. The van der Waals surface area contributed by atoms with Crippen LogP contribution in [-0.4, -0.2) is 48.8 Å². The number of carbonyl (C=O) groups excluding carboxylic acids is 1. The number of hydrogen-bond acceptors (Lipinski definition) is 6. The highest BCUT2D eigenvalue weighted by Crippen LogP contribution is 2.32. The number of nitriles is 1. The average molecular weight is 393 g/mol. The van der Waals surface area contributed by atoms with Gasteiger partial charge in [-0.15, -0.1) is 0 Å². The van der Waals surface area contributed by atoms with Crippen molar-refractivity contribution in [2.75, 3.05) is 13.1 Å². The first-order valence-corrected chi connectivity index (χ1v) is 8.95. The van der Waals surface area contributed by atoms with Gasteiger partial charge in [0.25, 0.3) is 0 Å². The van der Waals surface area contributed by atoms with Crippen LogP contribution in [0.2, 0.25) is 5.28 Å². The van der Waals surface area contributed by atoms with Gasteiger partial charge < -0.3 is 9.64 Å². The fraction of sp³-hybridized carbons (Fsp3) is 0.588. The number of fused-ring (bicyclic) bond motifs is 1. The Morgan fingerprint density at radius 2 is 2.00 bits per heavy atom. The molecule has 0 unspecified atom stereocenters. The molecule has 3 rings (SSSR count). The molecule has 1 aliphatic heterocycles.